The number of fused-ring (bicyclic) bond motifs is 1. The summed E-state index contributed by atoms with van der Waals surface area (Å²) in [5.74, 6) is 0.0347. The van der Waals surface area contributed by atoms with Crippen LogP contribution in [0.5, 0.6) is 11.5 Å². The molecular formula is C16H14N2O5S. The summed E-state index contributed by atoms with van der Waals surface area (Å²) in [4.78, 5) is 28.2. The van der Waals surface area contributed by atoms with Gasteiger partial charge in [-0.15, -0.1) is 11.3 Å². The first-order valence-corrected chi connectivity index (χ1v) is 7.84. The molecule has 2 heterocycles. The number of carboxylic acid groups (broad SMARTS) is 1. The molecule has 0 fully saturated rings. The van der Waals surface area contributed by atoms with Crippen LogP contribution in [-0.4, -0.2) is 34.8 Å². The lowest BCUT2D eigenvalue weighted by Gasteiger charge is -2.09. The molecule has 0 bridgehead atoms. The largest absolute Gasteiger partial charge is 0.493 e. The first kappa shape index (κ1) is 16.0. The van der Waals surface area contributed by atoms with Crippen molar-refractivity contribution in [3.05, 3.63) is 40.3 Å². The van der Waals surface area contributed by atoms with Crippen molar-refractivity contribution < 1.29 is 19.4 Å². The average Bonchev–Trinajstić information content (AvgIpc) is 3.01. The van der Waals surface area contributed by atoms with Crippen LogP contribution < -0.4 is 15.0 Å². The highest BCUT2D eigenvalue weighted by Gasteiger charge is 2.16. The molecule has 8 heteroatoms. The lowest BCUT2D eigenvalue weighted by atomic mass is 10.1. The number of hydrogen-bond donors (Lipinski definition) is 1. The van der Waals surface area contributed by atoms with E-state index < -0.39 is 12.5 Å². The molecule has 1 N–H and O–H groups in total. The van der Waals surface area contributed by atoms with E-state index in [-0.39, 0.29) is 5.56 Å². The van der Waals surface area contributed by atoms with E-state index in [2.05, 4.69) is 4.98 Å². The van der Waals surface area contributed by atoms with E-state index in [9.17, 15) is 9.59 Å². The van der Waals surface area contributed by atoms with Gasteiger partial charge in [0, 0.05) is 10.9 Å². The second kappa shape index (κ2) is 6.32. The first-order chi connectivity index (χ1) is 11.5. The Hall–Kier alpha value is -2.87. The Morgan fingerprint density at radius 2 is 2.04 bits per heavy atom. The van der Waals surface area contributed by atoms with Gasteiger partial charge < -0.3 is 14.6 Å². The quantitative estimate of drug-likeness (QED) is 0.762. The molecule has 0 aliphatic heterocycles. The van der Waals surface area contributed by atoms with E-state index in [1.165, 1.54) is 24.8 Å². The molecule has 1 aromatic carbocycles. The number of hydrogen-bond acceptors (Lipinski definition) is 6. The van der Waals surface area contributed by atoms with Gasteiger partial charge in [-0.25, -0.2) is 4.98 Å². The molecule has 0 radical (unpaired) electrons. The van der Waals surface area contributed by atoms with Crippen LogP contribution in [0, 0.1) is 0 Å². The van der Waals surface area contributed by atoms with Crippen molar-refractivity contribution in [2.45, 2.75) is 6.54 Å². The van der Waals surface area contributed by atoms with Crippen molar-refractivity contribution in [2.24, 2.45) is 0 Å². The van der Waals surface area contributed by atoms with Crippen molar-refractivity contribution in [3.63, 3.8) is 0 Å². The number of ether oxygens (including phenoxy) is 2. The van der Waals surface area contributed by atoms with Crippen LogP contribution >= 0.6 is 11.3 Å². The Morgan fingerprint density at radius 3 is 2.71 bits per heavy atom. The number of methoxy groups -OCH3 is 2. The highest BCUT2D eigenvalue weighted by molar-refractivity contribution is 7.17. The van der Waals surface area contributed by atoms with E-state index in [0.29, 0.717) is 27.3 Å². The van der Waals surface area contributed by atoms with Gasteiger partial charge in [0.25, 0.3) is 5.56 Å². The van der Waals surface area contributed by atoms with Gasteiger partial charge in [-0.3, -0.25) is 14.2 Å². The fourth-order valence-corrected chi connectivity index (χ4v) is 3.35. The Morgan fingerprint density at radius 1 is 1.29 bits per heavy atom. The molecule has 0 aliphatic rings. The maximum atomic E-state index is 12.6. The van der Waals surface area contributed by atoms with Crippen molar-refractivity contribution in [2.75, 3.05) is 14.2 Å². The van der Waals surface area contributed by atoms with E-state index in [1.54, 1.807) is 19.2 Å². The predicted octanol–water partition coefficient (Wildman–Crippen LogP) is 2.23. The highest BCUT2D eigenvalue weighted by Crippen LogP contribution is 2.36. The molecule has 0 unspecified atom stereocenters. The molecule has 0 aliphatic carbocycles. The van der Waals surface area contributed by atoms with Gasteiger partial charge in [-0.2, -0.15) is 0 Å². The number of thiophene rings is 1. The minimum absolute atomic E-state index is 0.381. The highest BCUT2D eigenvalue weighted by atomic mass is 32.1. The Kier molecular flexibility index (Phi) is 4.22. The average molecular weight is 346 g/mol. The molecule has 3 rings (SSSR count). The minimum atomic E-state index is -1.10. The van der Waals surface area contributed by atoms with E-state index >= 15 is 0 Å². The van der Waals surface area contributed by atoms with Crippen LogP contribution in [0.25, 0.3) is 21.3 Å². The number of aliphatic carboxylic acids is 1. The molecule has 0 atom stereocenters. The summed E-state index contributed by atoms with van der Waals surface area (Å²) in [5.41, 5.74) is 1.08. The summed E-state index contributed by atoms with van der Waals surface area (Å²) in [6.45, 7) is -0.428. The summed E-state index contributed by atoms with van der Waals surface area (Å²) in [6.07, 6.45) is 1.26. The molecule has 0 saturated carbocycles. The van der Waals surface area contributed by atoms with Crippen molar-refractivity contribution in [1.82, 2.24) is 9.55 Å². The summed E-state index contributed by atoms with van der Waals surface area (Å²) >= 11 is 1.33. The van der Waals surface area contributed by atoms with Crippen LogP contribution in [0.3, 0.4) is 0 Å². The Bertz CT molecular complexity index is 976. The maximum absolute atomic E-state index is 12.6. The first-order valence-electron chi connectivity index (χ1n) is 6.96. The summed E-state index contributed by atoms with van der Waals surface area (Å²) in [5, 5.41) is 11.1. The summed E-state index contributed by atoms with van der Waals surface area (Å²) in [7, 11) is 3.08. The van der Waals surface area contributed by atoms with Gasteiger partial charge in [0.05, 0.1) is 25.9 Å². The van der Waals surface area contributed by atoms with Gasteiger partial charge in [0.15, 0.2) is 11.5 Å². The fraction of sp³-hybridized carbons (Fsp3) is 0.188. The monoisotopic (exact) mass is 346 g/mol. The molecule has 2 aromatic heterocycles. The summed E-state index contributed by atoms with van der Waals surface area (Å²) < 4.78 is 11.6. The predicted molar refractivity (Wildman–Crippen MR) is 90.1 cm³/mol. The summed E-state index contributed by atoms with van der Waals surface area (Å²) in [6, 6.07) is 5.34. The zero-order chi connectivity index (χ0) is 17.3. The zero-order valence-corrected chi connectivity index (χ0v) is 13.8. The number of nitrogens with zero attached hydrogens (tertiary/aromatic N) is 2. The van der Waals surface area contributed by atoms with Crippen LogP contribution in [-0.2, 0) is 11.3 Å². The second-order valence-corrected chi connectivity index (χ2v) is 5.83. The van der Waals surface area contributed by atoms with Gasteiger partial charge >= 0.3 is 5.97 Å². The Balaban J connectivity index is 2.20. The third-order valence-corrected chi connectivity index (χ3v) is 4.45. The topological polar surface area (TPSA) is 90.7 Å². The number of carboxylic acids is 1. The standard InChI is InChI=1S/C16H14N2O5S/c1-22-11-4-3-9(5-12(11)23-2)10-7-24-15-14(10)16(21)18(8-17-15)6-13(19)20/h3-5,7-8H,6H2,1-2H3,(H,19,20). The molecule has 24 heavy (non-hydrogen) atoms. The molecule has 7 nitrogen and oxygen atoms in total. The van der Waals surface area contributed by atoms with Crippen LogP contribution in [0.1, 0.15) is 0 Å². The number of benzene rings is 1. The van der Waals surface area contributed by atoms with Crippen LogP contribution in [0.4, 0.5) is 0 Å². The SMILES string of the molecule is COc1ccc(-c2csc3ncn(CC(=O)O)c(=O)c23)cc1OC. The lowest BCUT2D eigenvalue weighted by molar-refractivity contribution is -0.137. The van der Waals surface area contributed by atoms with Crippen LogP contribution in [0.2, 0.25) is 0 Å². The van der Waals surface area contributed by atoms with Crippen LogP contribution in [0.15, 0.2) is 34.7 Å². The molecular weight excluding hydrogens is 332 g/mol. The number of rotatable bonds is 5. The smallest absolute Gasteiger partial charge is 0.323 e. The molecule has 3 aromatic rings. The number of aromatic nitrogens is 2. The molecule has 0 amide bonds. The van der Waals surface area contributed by atoms with Crippen molar-refractivity contribution in [3.8, 4) is 22.6 Å². The maximum Gasteiger partial charge on any atom is 0.323 e. The minimum Gasteiger partial charge on any atom is -0.493 e. The molecule has 0 saturated heterocycles. The van der Waals surface area contributed by atoms with E-state index in [0.717, 1.165) is 10.1 Å². The van der Waals surface area contributed by atoms with E-state index in [4.69, 9.17) is 14.6 Å². The van der Waals surface area contributed by atoms with Crippen molar-refractivity contribution >= 4 is 27.5 Å². The second-order valence-electron chi connectivity index (χ2n) is 4.97. The molecule has 124 valence electrons. The van der Waals surface area contributed by atoms with Crippen molar-refractivity contribution in [1.29, 1.82) is 0 Å². The van der Waals surface area contributed by atoms with E-state index in [1.807, 2.05) is 11.4 Å². The lowest BCUT2D eigenvalue weighted by Crippen LogP contribution is -2.24. The molecule has 0 spiro atoms. The zero-order valence-electron chi connectivity index (χ0n) is 13.0. The third-order valence-electron chi connectivity index (χ3n) is 3.56. The van der Waals surface area contributed by atoms with Gasteiger partial charge in [-0.05, 0) is 17.7 Å². The normalized spacial score (nSPS) is 10.8. The number of carbonyl (C=O) groups is 1. The van der Waals surface area contributed by atoms with Gasteiger partial charge in [0.1, 0.15) is 11.4 Å². The Labute approximate surface area is 140 Å². The fourth-order valence-electron chi connectivity index (χ4n) is 2.44. The van der Waals surface area contributed by atoms with Gasteiger partial charge in [0.2, 0.25) is 0 Å². The third kappa shape index (κ3) is 2.71. The van der Waals surface area contributed by atoms with Gasteiger partial charge in [-0.1, -0.05) is 6.07 Å².